The molecule has 0 saturated heterocycles. The van der Waals surface area contributed by atoms with E-state index in [1.165, 1.54) is 0 Å². The summed E-state index contributed by atoms with van der Waals surface area (Å²) in [6.07, 6.45) is 0. The van der Waals surface area contributed by atoms with E-state index in [-0.39, 0.29) is 11.4 Å². The van der Waals surface area contributed by atoms with Gasteiger partial charge >= 0.3 is 0 Å². The molecule has 26 heavy (non-hydrogen) atoms. The number of benzene rings is 2. The molecule has 0 aliphatic heterocycles. The molecule has 140 valence electrons. The molecule has 0 aromatic heterocycles. The molecule has 2 rings (SSSR count). The molecule has 2 N–H and O–H groups in total. The summed E-state index contributed by atoms with van der Waals surface area (Å²) < 4.78 is 32.5. The Hall–Kier alpha value is -2.38. The van der Waals surface area contributed by atoms with E-state index in [1.54, 1.807) is 33.1 Å². The summed E-state index contributed by atoms with van der Waals surface area (Å²) in [4.78, 5) is 12.2. The maximum atomic E-state index is 12.5. The number of ether oxygens (including phenoxy) is 1. The van der Waals surface area contributed by atoms with Crippen LogP contribution >= 0.6 is 0 Å². The normalized spacial score (nSPS) is 11.2. The molecule has 6 nitrogen and oxygen atoms in total. The number of nitrogens with one attached hydrogen (secondary N) is 2. The topological polar surface area (TPSA) is 84.5 Å². The van der Waals surface area contributed by atoms with Gasteiger partial charge in [-0.25, -0.2) is 13.1 Å². The van der Waals surface area contributed by atoms with E-state index < -0.39 is 15.9 Å². The Labute approximate surface area is 154 Å². The Kier molecular flexibility index (Phi) is 6.39. The Morgan fingerprint density at radius 2 is 1.62 bits per heavy atom. The van der Waals surface area contributed by atoms with E-state index in [1.807, 2.05) is 31.2 Å². The van der Waals surface area contributed by atoms with E-state index in [4.69, 9.17) is 4.74 Å². The fourth-order valence-electron chi connectivity index (χ4n) is 2.83. The summed E-state index contributed by atoms with van der Waals surface area (Å²) in [5, 5.41) is 2.69. The van der Waals surface area contributed by atoms with E-state index in [2.05, 4.69) is 10.0 Å². The fraction of sp³-hybridized carbons (Fsp3) is 0.316. The lowest BCUT2D eigenvalue weighted by Crippen LogP contribution is -2.37. The third-order valence-electron chi connectivity index (χ3n) is 3.94. The smallest absolute Gasteiger partial charge is 0.241 e. The molecule has 0 aliphatic rings. The maximum Gasteiger partial charge on any atom is 0.241 e. The molecule has 0 radical (unpaired) electrons. The molecule has 0 saturated carbocycles. The molecule has 0 bridgehead atoms. The number of carbonyl (C=O) groups excluding carboxylic acids is 1. The molecule has 0 heterocycles. The van der Waals surface area contributed by atoms with Gasteiger partial charge in [-0.15, -0.1) is 0 Å². The summed E-state index contributed by atoms with van der Waals surface area (Å²) >= 11 is 0. The van der Waals surface area contributed by atoms with E-state index in [0.717, 1.165) is 16.9 Å². The van der Waals surface area contributed by atoms with Crippen molar-refractivity contribution in [2.75, 3.05) is 13.7 Å². The lowest BCUT2D eigenvalue weighted by atomic mass is 10.1. The zero-order valence-corrected chi connectivity index (χ0v) is 16.2. The predicted octanol–water partition coefficient (Wildman–Crippen LogP) is 2.22. The second-order valence-corrected chi connectivity index (χ2v) is 7.88. The van der Waals surface area contributed by atoms with Crippen molar-refractivity contribution in [2.45, 2.75) is 32.2 Å². The quantitative estimate of drug-likeness (QED) is 0.776. The number of methoxy groups -OCH3 is 1. The summed E-state index contributed by atoms with van der Waals surface area (Å²) in [5.41, 5.74) is 3.21. The third kappa shape index (κ3) is 5.06. The van der Waals surface area contributed by atoms with E-state index >= 15 is 0 Å². The predicted molar refractivity (Wildman–Crippen MR) is 101 cm³/mol. The maximum absolute atomic E-state index is 12.5. The van der Waals surface area contributed by atoms with Crippen molar-refractivity contribution in [1.82, 2.24) is 10.0 Å². The molecule has 0 atom stereocenters. The Balaban J connectivity index is 1.95. The highest BCUT2D eigenvalue weighted by Gasteiger charge is 2.20. The molecular weight excluding hydrogens is 352 g/mol. The first-order valence-corrected chi connectivity index (χ1v) is 9.68. The summed E-state index contributed by atoms with van der Waals surface area (Å²) in [6.45, 7) is 5.41. The lowest BCUT2D eigenvalue weighted by molar-refractivity contribution is -0.120. The zero-order chi connectivity index (χ0) is 19.3. The minimum absolute atomic E-state index is 0.228. The first kappa shape index (κ1) is 19.9. The van der Waals surface area contributed by atoms with Gasteiger partial charge in [-0.05, 0) is 49.6 Å². The fourth-order valence-corrected chi connectivity index (χ4v) is 4.26. The molecule has 0 spiro atoms. The van der Waals surface area contributed by atoms with Crippen molar-refractivity contribution in [3.63, 3.8) is 0 Å². The van der Waals surface area contributed by atoms with E-state index in [9.17, 15) is 13.2 Å². The molecule has 0 unspecified atom stereocenters. The van der Waals surface area contributed by atoms with Gasteiger partial charge in [-0.1, -0.05) is 29.8 Å². The van der Waals surface area contributed by atoms with Crippen LogP contribution < -0.4 is 14.8 Å². The Morgan fingerprint density at radius 3 is 2.15 bits per heavy atom. The average molecular weight is 376 g/mol. The highest BCUT2D eigenvalue weighted by molar-refractivity contribution is 7.89. The van der Waals surface area contributed by atoms with Gasteiger partial charge in [0.25, 0.3) is 0 Å². The van der Waals surface area contributed by atoms with Crippen molar-refractivity contribution in [3.8, 4) is 5.75 Å². The first-order chi connectivity index (χ1) is 12.2. The molecule has 2 aromatic rings. The number of aryl methyl sites for hydroxylation is 3. The van der Waals surface area contributed by atoms with Crippen LogP contribution in [0, 0.1) is 20.8 Å². The van der Waals surface area contributed by atoms with Crippen molar-refractivity contribution >= 4 is 15.9 Å². The van der Waals surface area contributed by atoms with Gasteiger partial charge in [0.1, 0.15) is 5.75 Å². The number of hydrogen-bond acceptors (Lipinski definition) is 4. The summed E-state index contributed by atoms with van der Waals surface area (Å²) in [7, 11) is -2.17. The molecular formula is C19H24N2O4S. The number of amides is 1. The number of rotatable bonds is 7. The average Bonchev–Trinajstić information content (AvgIpc) is 2.57. The zero-order valence-electron chi connectivity index (χ0n) is 15.4. The molecule has 0 fully saturated rings. The Bertz CT molecular complexity index is 867. The number of hydrogen-bond donors (Lipinski definition) is 2. The minimum Gasteiger partial charge on any atom is -0.497 e. The van der Waals surface area contributed by atoms with Crippen LogP contribution in [0.5, 0.6) is 5.75 Å². The number of carbonyl (C=O) groups is 1. The van der Waals surface area contributed by atoms with Crippen LogP contribution in [0.25, 0.3) is 0 Å². The van der Waals surface area contributed by atoms with Crippen LogP contribution in [0.15, 0.2) is 41.3 Å². The van der Waals surface area contributed by atoms with Gasteiger partial charge in [-0.2, -0.15) is 0 Å². The standard InChI is InChI=1S/C19H24N2O4S/c1-13-9-14(2)19(15(3)10-13)26(23,24)21-12-18(22)20-11-16-5-7-17(25-4)8-6-16/h5-10,21H,11-12H2,1-4H3,(H,20,22). The molecule has 1 amide bonds. The van der Waals surface area contributed by atoms with Crippen LogP contribution in [0.3, 0.4) is 0 Å². The van der Waals surface area contributed by atoms with Crippen molar-refractivity contribution in [2.24, 2.45) is 0 Å². The van der Waals surface area contributed by atoms with Gasteiger partial charge in [0.05, 0.1) is 18.6 Å². The highest BCUT2D eigenvalue weighted by Crippen LogP contribution is 2.21. The monoisotopic (exact) mass is 376 g/mol. The van der Waals surface area contributed by atoms with Crippen molar-refractivity contribution < 1.29 is 17.9 Å². The van der Waals surface area contributed by atoms with Crippen LogP contribution in [0.1, 0.15) is 22.3 Å². The van der Waals surface area contributed by atoms with Gasteiger partial charge in [0.15, 0.2) is 0 Å². The molecule has 0 aliphatic carbocycles. The SMILES string of the molecule is COc1ccc(CNC(=O)CNS(=O)(=O)c2c(C)cc(C)cc2C)cc1. The molecule has 7 heteroatoms. The van der Waals surface area contributed by atoms with Crippen LogP contribution in [0.4, 0.5) is 0 Å². The van der Waals surface area contributed by atoms with Crippen LogP contribution in [-0.2, 0) is 21.4 Å². The highest BCUT2D eigenvalue weighted by atomic mass is 32.2. The second-order valence-electron chi connectivity index (χ2n) is 6.18. The lowest BCUT2D eigenvalue weighted by Gasteiger charge is -2.13. The third-order valence-corrected chi connectivity index (χ3v) is 5.65. The van der Waals surface area contributed by atoms with Gasteiger partial charge in [0.2, 0.25) is 15.9 Å². The molecule has 2 aromatic carbocycles. The van der Waals surface area contributed by atoms with E-state index in [0.29, 0.717) is 17.7 Å². The number of sulfonamides is 1. The van der Waals surface area contributed by atoms with Gasteiger partial charge in [-0.3, -0.25) is 4.79 Å². The largest absolute Gasteiger partial charge is 0.497 e. The van der Waals surface area contributed by atoms with Crippen LogP contribution in [0.2, 0.25) is 0 Å². The summed E-state index contributed by atoms with van der Waals surface area (Å²) in [5.74, 6) is 0.337. The van der Waals surface area contributed by atoms with Crippen molar-refractivity contribution in [3.05, 3.63) is 58.7 Å². The van der Waals surface area contributed by atoms with Gasteiger partial charge < -0.3 is 10.1 Å². The second kappa shape index (κ2) is 8.33. The van der Waals surface area contributed by atoms with Gasteiger partial charge in [0, 0.05) is 6.54 Å². The van der Waals surface area contributed by atoms with Crippen LogP contribution in [-0.4, -0.2) is 28.0 Å². The first-order valence-electron chi connectivity index (χ1n) is 8.20. The Morgan fingerprint density at radius 1 is 1.04 bits per heavy atom. The van der Waals surface area contributed by atoms with Crippen molar-refractivity contribution in [1.29, 1.82) is 0 Å². The summed E-state index contributed by atoms with van der Waals surface area (Å²) in [6, 6.07) is 10.9. The minimum atomic E-state index is -3.75.